The van der Waals surface area contributed by atoms with Crippen molar-refractivity contribution in [1.29, 1.82) is 0 Å². The molecule has 1 aliphatic carbocycles. The second-order valence-electron chi connectivity index (χ2n) is 12.5. The monoisotopic (exact) mass is 654 g/mol. The van der Waals surface area contributed by atoms with Crippen molar-refractivity contribution in [3.63, 3.8) is 0 Å². The molecule has 3 aromatic carbocycles. The Hall–Kier alpha value is -4.36. The summed E-state index contributed by atoms with van der Waals surface area (Å²) in [6, 6.07) is 18.9. The summed E-state index contributed by atoms with van der Waals surface area (Å²) in [6.45, 7) is 13.3. The highest BCUT2D eigenvalue weighted by molar-refractivity contribution is 5.87. The SMILES string of the molecule is C=C(C)C(=O)OCCOc1cc(-c2ccc(C3CCCCC3)cc2CC)c(OCCOC(=O)C(=C)C)cc1-c1ccc(CCCO)cc1. The van der Waals surface area contributed by atoms with Gasteiger partial charge in [0.1, 0.15) is 37.9 Å². The average Bonchev–Trinajstić information content (AvgIpc) is 3.11. The number of esters is 2. The fraction of sp³-hybridized carbons (Fsp3) is 0.415. The minimum absolute atomic E-state index is 0.0726. The molecule has 0 bridgehead atoms. The Morgan fingerprint density at radius 2 is 1.33 bits per heavy atom. The molecule has 1 fully saturated rings. The van der Waals surface area contributed by atoms with E-state index in [0.29, 0.717) is 35.0 Å². The van der Waals surface area contributed by atoms with Crippen LogP contribution in [0, 0.1) is 0 Å². The first-order valence-electron chi connectivity index (χ1n) is 17.1. The van der Waals surface area contributed by atoms with E-state index in [0.717, 1.165) is 40.7 Å². The van der Waals surface area contributed by atoms with Crippen LogP contribution in [0.4, 0.5) is 0 Å². The Bertz CT molecular complexity index is 1560. The van der Waals surface area contributed by atoms with Crippen LogP contribution < -0.4 is 9.47 Å². The number of benzene rings is 3. The van der Waals surface area contributed by atoms with Gasteiger partial charge in [-0.3, -0.25) is 0 Å². The molecule has 0 heterocycles. The number of carbonyl (C=O) groups excluding carboxylic acids is 2. The largest absolute Gasteiger partial charge is 0.489 e. The first kappa shape index (κ1) is 36.5. The summed E-state index contributed by atoms with van der Waals surface area (Å²) in [5.41, 5.74) is 8.05. The summed E-state index contributed by atoms with van der Waals surface area (Å²) >= 11 is 0. The maximum atomic E-state index is 12.0. The van der Waals surface area contributed by atoms with E-state index in [9.17, 15) is 14.7 Å². The second-order valence-corrected chi connectivity index (χ2v) is 12.5. The van der Waals surface area contributed by atoms with Gasteiger partial charge in [-0.05, 0) is 91.8 Å². The molecule has 7 nitrogen and oxygen atoms in total. The van der Waals surface area contributed by atoms with E-state index in [4.69, 9.17) is 18.9 Å². The van der Waals surface area contributed by atoms with Crippen molar-refractivity contribution >= 4 is 11.9 Å². The number of ether oxygens (including phenoxy) is 4. The van der Waals surface area contributed by atoms with Crippen molar-refractivity contribution < 1.29 is 33.6 Å². The molecule has 4 rings (SSSR count). The summed E-state index contributed by atoms with van der Waals surface area (Å²) in [6.07, 6.45) is 8.62. The Morgan fingerprint density at radius 3 is 1.90 bits per heavy atom. The molecule has 0 radical (unpaired) electrons. The van der Waals surface area contributed by atoms with Crippen molar-refractivity contribution in [2.75, 3.05) is 33.0 Å². The smallest absolute Gasteiger partial charge is 0.333 e. The van der Waals surface area contributed by atoms with Crippen LogP contribution in [0.1, 0.15) is 81.9 Å². The zero-order chi connectivity index (χ0) is 34.5. The van der Waals surface area contributed by atoms with Gasteiger partial charge in [-0.2, -0.15) is 0 Å². The van der Waals surface area contributed by atoms with Crippen LogP contribution in [0.5, 0.6) is 11.5 Å². The first-order chi connectivity index (χ1) is 23.2. The predicted octanol–water partition coefficient (Wildman–Crippen LogP) is 8.55. The highest BCUT2D eigenvalue weighted by atomic mass is 16.6. The van der Waals surface area contributed by atoms with Crippen LogP contribution >= 0.6 is 0 Å². The zero-order valence-electron chi connectivity index (χ0n) is 28.8. The van der Waals surface area contributed by atoms with Gasteiger partial charge in [0.05, 0.1) is 0 Å². The summed E-state index contributed by atoms with van der Waals surface area (Å²) in [7, 11) is 0. The molecule has 1 aliphatic rings. The van der Waals surface area contributed by atoms with E-state index in [1.54, 1.807) is 13.8 Å². The van der Waals surface area contributed by atoms with Gasteiger partial charge < -0.3 is 24.1 Å². The van der Waals surface area contributed by atoms with Gasteiger partial charge in [0, 0.05) is 28.9 Å². The molecule has 3 aromatic rings. The molecule has 256 valence electrons. The molecule has 0 amide bonds. The maximum Gasteiger partial charge on any atom is 0.333 e. The van der Waals surface area contributed by atoms with Crippen LogP contribution in [0.3, 0.4) is 0 Å². The number of carbonyl (C=O) groups is 2. The predicted molar refractivity (Wildman–Crippen MR) is 190 cm³/mol. The minimum Gasteiger partial charge on any atom is -0.489 e. The number of aliphatic hydroxyl groups excluding tert-OH is 1. The fourth-order valence-corrected chi connectivity index (χ4v) is 6.05. The molecular weight excluding hydrogens is 604 g/mol. The summed E-state index contributed by atoms with van der Waals surface area (Å²) < 4.78 is 23.4. The van der Waals surface area contributed by atoms with Crippen molar-refractivity contribution in [2.45, 2.75) is 78.1 Å². The normalized spacial score (nSPS) is 13.1. The topological polar surface area (TPSA) is 91.3 Å². The molecule has 0 saturated heterocycles. The highest BCUT2D eigenvalue weighted by Gasteiger charge is 2.21. The van der Waals surface area contributed by atoms with Crippen LogP contribution in [0.25, 0.3) is 22.3 Å². The highest BCUT2D eigenvalue weighted by Crippen LogP contribution is 2.43. The quantitative estimate of drug-likeness (QED) is 0.0886. The van der Waals surface area contributed by atoms with Gasteiger partial charge in [0.15, 0.2) is 0 Å². The van der Waals surface area contributed by atoms with Gasteiger partial charge in [-0.1, -0.05) is 81.8 Å². The molecule has 0 aromatic heterocycles. The molecular formula is C41H50O7. The Labute approximate surface area is 285 Å². The van der Waals surface area contributed by atoms with Crippen molar-refractivity contribution in [3.8, 4) is 33.8 Å². The lowest BCUT2D eigenvalue weighted by atomic mass is 9.82. The van der Waals surface area contributed by atoms with Crippen LogP contribution in [-0.4, -0.2) is 50.1 Å². The van der Waals surface area contributed by atoms with E-state index < -0.39 is 11.9 Å². The number of hydrogen-bond donors (Lipinski definition) is 1. The summed E-state index contributed by atoms with van der Waals surface area (Å²) in [4.78, 5) is 24.0. The number of hydrogen-bond acceptors (Lipinski definition) is 7. The fourth-order valence-electron chi connectivity index (χ4n) is 6.05. The van der Waals surface area contributed by atoms with E-state index in [1.165, 1.54) is 43.2 Å². The van der Waals surface area contributed by atoms with Crippen LogP contribution in [-0.2, 0) is 31.9 Å². The lowest BCUT2D eigenvalue weighted by Gasteiger charge is -2.24. The van der Waals surface area contributed by atoms with Gasteiger partial charge in [0.2, 0.25) is 0 Å². The van der Waals surface area contributed by atoms with E-state index in [1.807, 2.05) is 36.4 Å². The molecule has 7 heteroatoms. The molecule has 48 heavy (non-hydrogen) atoms. The van der Waals surface area contributed by atoms with Crippen molar-refractivity contribution in [3.05, 3.63) is 95.6 Å². The third-order valence-electron chi connectivity index (χ3n) is 8.69. The third-order valence-corrected chi connectivity index (χ3v) is 8.69. The Morgan fingerprint density at radius 1 is 0.750 bits per heavy atom. The molecule has 0 aliphatic heterocycles. The maximum absolute atomic E-state index is 12.0. The van der Waals surface area contributed by atoms with Gasteiger partial charge in [-0.15, -0.1) is 0 Å². The second kappa shape index (κ2) is 18.3. The Kier molecular flexibility index (Phi) is 13.9. The van der Waals surface area contributed by atoms with Crippen LogP contribution in [0.15, 0.2) is 78.9 Å². The zero-order valence-corrected chi connectivity index (χ0v) is 28.8. The standard InChI is InChI=1S/C41H50O7/c1-6-31-25-34(32-12-8-7-9-13-32)18-19-35(31)37-27-38(45-21-23-47-40(43)28(2)3)36(33-16-14-30(15-17-33)11-10-20-42)26-39(37)46-22-24-48-41(44)29(4)5/h14-19,25-27,32,42H,2,4,6-13,20-24H2,1,3,5H3. The summed E-state index contributed by atoms with van der Waals surface area (Å²) in [5.74, 6) is 0.935. The van der Waals surface area contributed by atoms with Gasteiger partial charge in [0.25, 0.3) is 0 Å². The molecule has 0 unspecified atom stereocenters. The number of aryl methyl sites for hydroxylation is 2. The van der Waals surface area contributed by atoms with E-state index in [-0.39, 0.29) is 33.0 Å². The summed E-state index contributed by atoms with van der Waals surface area (Å²) in [5, 5.41) is 9.28. The third kappa shape index (κ3) is 10.1. The molecule has 0 atom stereocenters. The van der Waals surface area contributed by atoms with E-state index >= 15 is 0 Å². The Balaban J connectivity index is 1.76. The average molecular weight is 655 g/mol. The molecule has 0 spiro atoms. The molecule has 1 N–H and O–H groups in total. The lowest BCUT2D eigenvalue weighted by Crippen LogP contribution is -2.14. The minimum atomic E-state index is -0.459. The van der Waals surface area contributed by atoms with Crippen molar-refractivity contribution in [1.82, 2.24) is 0 Å². The number of rotatable bonds is 17. The van der Waals surface area contributed by atoms with Gasteiger partial charge in [-0.25, -0.2) is 9.59 Å². The lowest BCUT2D eigenvalue weighted by molar-refractivity contribution is -0.140. The van der Waals surface area contributed by atoms with Crippen molar-refractivity contribution in [2.24, 2.45) is 0 Å². The molecule has 1 saturated carbocycles. The number of aliphatic hydroxyl groups is 1. The van der Waals surface area contributed by atoms with E-state index in [2.05, 4.69) is 38.3 Å². The van der Waals surface area contributed by atoms with Gasteiger partial charge >= 0.3 is 11.9 Å². The first-order valence-corrected chi connectivity index (χ1v) is 17.1. The van der Waals surface area contributed by atoms with Crippen LogP contribution in [0.2, 0.25) is 0 Å².